The molecule has 1 heterocycles. The van der Waals surface area contributed by atoms with E-state index in [2.05, 4.69) is 26.2 Å². The molecule has 1 amide bonds. The van der Waals surface area contributed by atoms with Crippen LogP contribution in [0, 0.1) is 0 Å². The number of alkyl halides is 1. The van der Waals surface area contributed by atoms with Gasteiger partial charge in [0.25, 0.3) is 5.91 Å². The van der Waals surface area contributed by atoms with E-state index in [1.54, 1.807) is 12.3 Å². The minimum atomic E-state index is -0.623. The number of carbonyl (C=O) groups excluding carboxylic acids is 1. The monoisotopic (exact) mass is 352 g/mol. The SMILES string of the molecule is CC(CCl)(NC(=O)c1cncc(Br)c1)c1ccccc1. The topological polar surface area (TPSA) is 42.0 Å². The normalized spacial score (nSPS) is 13.6. The quantitative estimate of drug-likeness (QED) is 0.851. The van der Waals surface area contributed by atoms with Crippen LogP contribution in [0.25, 0.3) is 0 Å². The first-order chi connectivity index (χ1) is 9.55. The number of rotatable bonds is 4. The van der Waals surface area contributed by atoms with Gasteiger partial charge in [-0.05, 0) is 34.5 Å². The van der Waals surface area contributed by atoms with E-state index in [-0.39, 0.29) is 11.8 Å². The molecule has 5 heteroatoms. The van der Waals surface area contributed by atoms with Crippen LogP contribution in [0.2, 0.25) is 0 Å². The third kappa shape index (κ3) is 3.38. The summed E-state index contributed by atoms with van der Waals surface area (Å²) in [6.07, 6.45) is 3.16. The number of halogens is 2. The van der Waals surface area contributed by atoms with Crippen LogP contribution >= 0.6 is 27.5 Å². The van der Waals surface area contributed by atoms with E-state index in [9.17, 15) is 4.79 Å². The molecule has 1 atom stereocenters. The Morgan fingerprint density at radius 3 is 2.65 bits per heavy atom. The Kier molecular flexibility index (Phi) is 4.78. The zero-order valence-electron chi connectivity index (χ0n) is 10.9. The summed E-state index contributed by atoms with van der Waals surface area (Å²) in [7, 11) is 0. The van der Waals surface area contributed by atoms with Crippen LogP contribution < -0.4 is 5.32 Å². The Hall–Kier alpha value is -1.39. The van der Waals surface area contributed by atoms with Crippen LogP contribution in [0.1, 0.15) is 22.8 Å². The van der Waals surface area contributed by atoms with Gasteiger partial charge in [-0.25, -0.2) is 0 Å². The Bertz CT molecular complexity index is 606. The number of benzene rings is 1. The van der Waals surface area contributed by atoms with Gasteiger partial charge in [-0.2, -0.15) is 0 Å². The first-order valence-electron chi connectivity index (χ1n) is 6.10. The highest BCUT2D eigenvalue weighted by Gasteiger charge is 2.28. The van der Waals surface area contributed by atoms with E-state index in [0.29, 0.717) is 5.56 Å². The largest absolute Gasteiger partial charge is 0.342 e. The highest BCUT2D eigenvalue weighted by atomic mass is 79.9. The zero-order valence-corrected chi connectivity index (χ0v) is 13.3. The number of hydrogen-bond acceptors (Lipinski definition) is 2. The van der Waals surface area contributed by atoms with Crippen molar-refractivity contribution >= 4 is 33.4 Å². The predicted octanol–water partition coefficient (Wildman–Crippen LogP) is 3.73. The van der Waals surface area contributed by atoms with Crippen LogP contribution in [0.3, 0.4) is 0 Å². The molecule has 2 aromatic rings. The molecule has 0 saturated carbocycles. The van der Waals surface area contributed by atoms with Crippen molar-refractivity contribution in [3.63, 3.8) is 0 Å². The molecule has 20 heavy (non-hydrogen) atoms. The molecule has 1 N–H and O–H groups in total. The van der Waals surface area contributed by atoms with Crippen molar-refractivity contribution in [2.45, 2.75) is 12.5 Å². The molecule has 3 nitrogen and oxygen atoms in total. The zero-order chi connectivity index (χ0) is 14.6. The second kappa shape index (κ2) is 6.37. The van der Waals surface area contributed by atoms with Crippen molar-refractivity contribution < 1.29 is 4.79 Å². The van der Waals surface area contributed by atoms with Gasteiger partial charge in [-0.1, -0.05) is 30.3 Å². The van der Waals surface area contributed by atoms with Crippen LogP contribution in [-0.2, 0) is 5.54 Å². The van der Waals surface area contributed by atoms with E-state index in [1.165, 1.54) is 6.20 Å². The molecule has 0 fully saturated rings. The lowest BCUT2D eigenvalue weighted by atomic mass is 9.93. The van der Waals surface area contributed by atoms with E-state index < -0.39 is 5.54 Å². The van der Waals surface area contributed by atoms with Gasteiger partial charge < -0.3 is 5.32 Å². The first kappa shape index (κ1) is 15.0. The molecule has 1 aromatic heterocycles. The molecule has 2 rings (SSSR count). The van der Waals surface area contributed by atoms with E-state index in [0.717, 1.165) is 10.0 Å². The first-order valence-corrected chi connectivity index (χ1v) is 7.42. The van der Waals surface area contributed by atoms with Gasteiger partial charge in [-0.15, -0.1) is 11.6 Å². The van der Waals surface area contributed by atoms with Gasteiger partial charge >= 0.3 is 0 Å². The Morgan fingerprint density at radius 1 is 1.35 bits per heavy atom. The fourth-order valence-electron chi connectivity index (χ4n) is 1.85. The molecule has 0 aliphatic carbocycles. The molecule has 0 radical (unpaired) electrons. The number of nitrogens with one attached hydrogen (secondary N) is 1. The van der Waals surface area contributed by atoms with Crippen molar-refractivity contribution in [1.29, 1.82) is 0 Å². The summed E-state index contributed by atoms with van der Waals surface area (Å²) in [4.78, 5) is 16.3. The maximum Gasteiger partial charge on any atom is 0.253 e. The Morgan fingerprint density at radius 2 is 2.05 bits per heavy atom. The number of amides is 1. The lowest BCUT2D eigenvalue weighted by Crippen LogP contribution is -2.45. The number of nitrogens with zero attached hydrogens (tertiary/aromatic N) is 1. The average Bonchev–Trinajstić information content (AvgIpc) is 2.48. The molecule has 1 aromatic carbocycles. The van der Waals surface area contributed by atoms with Crippen molar-refractivity contribution in [3.05, 3.63) is 64.4 Å². The summed E-state index contributed by atoms with van der Waals surface area (Å²) < 4.78 is 0.762. The number of carbonyl (C=O) groups is 1. The lowest BCUT2D eigenvalue weighted by Gasteiger charge is -2.29. The van der Waals surface area contributed by atoms with Crippen molar-refractivity contribution in [2.24, 2.45) is 0 Å². The molecular weight excluding hydrogens is 340 g/mol. The van der Waals surface area contributed by atoms with Crippen LogP contribution in [0.5, 0.6) is 0 Å². The van der Waals surface area contributed by atoms with Gasteiger partial charge in [0, 0.05) is 22.7 Å². The maximum atomic E-state index is 12.3. The molecule has 0 spiro atoms. The smallest absolute Gasteiger partial charge is 0.253 e. The summed E-state index contributed by atoms with van der Waals surface area (Å²) in [5.41, 5.74) is 0.834. The van der Waals surface area contributed by atoms with E-state index >= 15 is 0 Å². The van der Waals surface area contributed by atoms with Crippen LogP contribution in [0.15, 0.2) is 53.3 Å². The number of hydrogen-bond donors (Lipinski definition) is 1. The maximum absolute atomic E-state index is 12.3. The summed E-state index contributed by atoms with van der Waals surface area (Å²) in [5, 5.41) is 2.97. The minimum absolute atomic E-state index is 0.203. The molecule has 0 bridgehead atoms. The molecular formula is C15H14BrClN2O. The summed E-state index contributed by atoms with van der Waals surface area (Å²) in [6, 6.07) is 11.4. The van der Waals surface area contributed by atoms with Gasteiger partial charge in [0.2, 0.25) is 0 Å². The number of aromatic nitrogens is 1. The summed E-state index contributed by atoms with van der Waals surface area (Å²) in [6.45, 7) is 1.90. The van der Waals surface area contributed by atoms with Crippen LogP contribution in [0.4, 0.5) is 0 Å². The van der Waals surface area contributed by atoms with Crippen molar-refractivity contribution in [1.82, 2.24) is 10.3 Å². The molecule has 0 aliphatic heterocycles. The molecule has 104 valence electrons. The molecule has 0 saturated heterocycles. The second-order valence-corrected chi connectivity index (χ2v) is 5.86. The highest BCUT2D eigenvalue weighted by molar-refractivity contribution is 9.10. The minimum Gasteiger partial charge on any atom is -0.342 e. The van der Waals surface area contributed by atoms with E-state index in [1.807, 2.05) is 37.3 Å². The Balaban J connectivity index is 2.24. The fraction of sp³-hybridized carbons (Fsp3) is 0.200. The van der Waals surface area contributed by atoms with Gasteiger partial charge in [0.1, 0.15) is 0 Å². The predicted molar refractivity (Wildman–Crippen MR) is 83.9 cm³/mol. The van der Waals surface area contributed by atoms with Crippen LogP contribution in [-0.4, -0.2) is 16.8 Å². The van der Waals surface area contributed by atoms with Gasteiger partial charge in [-0.3, -0.25) is 9.78 Å². The van der Waals surface area contributed by atoms with E-state index in [4.69, 9.17) is 11.6 Å². The third-order valence-electron chi connectivity index (χ3n) is 3.03. The lowest BCUT2D eigenvalue weighted by molar-refractivity contribution is 0.0912. The van der Waals surface area contributed by atoms with Gasteiger partial charge in [0.05, 0.1) is 11.1 Å². The highest BCUT2D eigenvalue weighted by Crippen LogP contribution is 2.23. The van der Waals surface area contributed by atoms with Crippen molar-refractivity contribution in [2.75, 3.05) is 5.88 Å². The third-order valence-corrected chi connectivity index (χ3v) is 4.00. The Labute approximate surface area is 131 Å². The van der Waals surface area contributed by atoms with Gasteiger partial charge in [0.15, 0.2) is 0 Å². The number of pyridine rings is 1. The molecule has 1 unspecified atom stereocenters. The van der Waals surface area contributed by atoms with Crippen molar-refractivity contribution in [3.8, 4) is 0 Å². The standard InChI is InChI=1S/C15H14BrClN2O/c1-15(10-17,12-5-3-2-4-6-12)19-14(20)11-7-13(16)9-18-8-11/h2-9H,10H2,1H3,(H,19,20). The fourth-order valence-corrected chi connectivity index (χ4v) is 2.43. The summed E-state index contributed by atoms with van der Waals surface area (Å²) >= 11 is 9.37. The summed E-state index contributed by atoms with van der Waals surface area (Å²) in [5.74, 6) is 0.0790. The molecule has 0 aliphatic rings. The second-order valence-electron chi connectivity index (χ2n) is 4.68. The average molecular weight is 354 g/mol.